The number of rotatable bonds is 12. The van der Waals surface area contributed by atoms with Crippen molar-refractivity contribution in [3.05, 3.63) is 23.8 Å². The third-order valence-corrected chi connectivity index (χ3v) is 4.28. The van der Waals surface area contributed by atoms with Crippen LogP contribution in [0.1, 0.15) is 63.2 Å². The molecule has 1 amide bonds. The lowest BCUT2D eigenvalue weighted by Crippen LogP contribution is -2.27. The molecule has 0 aliphatic heterocycles. The largest absolute Gasteiger partial charge is 0.507 e. The van der Waals surface area contributed by atoms with Crippen molar-refractivity contribution in [2.75, 3.05) is 31.6 Å². The molecular weight excluding hydrogens is 332 g/mol. The number of amides is 1. The summed E-state index contributed by atoms with van der Waals surface area (Å²) in [7, 11) is 0. The Balaban J connectivity index is 2.50. The second kappa shape index (κ2) is 12.3. The van der Waals surface area contributed by atoms with Gasteiger partial charge in [-0.3, -0.25) is 4.79 Å². The predicted octanol–water partition coefficient (Wildman–Crippen LogP) is 3.80. The van der Waals surface area contributed by atoms with E-state index in [1.54, 1.807) is 6.07 Å². The van der Waals surface area contributed by atoms with Crippen LogP contribution < -0.4 is 5.32 Å². The first kappa shape index (κ1) is 22.0. The monoisotopic (exact) mass is 364 g/mol. The van der Waals surface area contributed by atoms with Crippen LogP contribution in [0.5, 0.6) is 5.75 Å². The Morgan fingerprint density at radius 2 is 1.85 bits per heavy atom. The average molecular weight is 364 g/mol. The predicted molar refractivity (Wildman–Crippen MR) is 104 cm³/mol. The summed E-state index contributed by atoms with van der Waals surface area (Å²) < 4.78 is 5.17. The Kier molecular flexibility index (Phi) is 10.4. The Morgan fingerprint density at radius 3 is 2.46 bits per heavy atom. The summed E-state index contributed by atoms with van der Waals surface area (Å²) in [5.41, 5.74) is 0.577. The molecule has 0 saturated carbocycles. The topological polar surface area (TPSA) is 78.9 Å². The van der Waals surface area contributed by atoms with Crippen LogP contribution in [-0.4, -0.2) is 48.1 Å². The van der Waals surface area contributed by atoms with Gasteiger partial charge in [-0.1, -0.05) is 40.0 Å². The first-order valence-corrected chi connectivity index (χ1v) is 9.54. The van der Waals surface area contributed by atoms with Crippen LogP contribution in [0.25, 0.3) is 0 Å². The SMILES string of the molecule is CCCCCCOC(=O)c1ccc(NC(=O)CCN(CC)CC)cc1O. The van der Waals surface area contributed by atoms with Gasteiger partial charge in [-0.05, 0) is 31.6 Å². The van der Waals surface area contributed by atoms with Crippen molar-refractivity contribution in [1.82, 2.24) is 4.90 Å². The highest BCUT2D eigenvalue weighted by Crippen LogP contribution is 2.23. The molecule has 26 heavy (non-hydrogen) atoms. The summed E-state index contributed by atoms with van der Waals surface area (Å²) in [5, 5.41) is 12.8. The van der Waals surface area contributed by atoms with E-state index in [0.29, 0.717) is 25.3 Å². The second-order valence-corrected chi connectivity index (χ2v) is 6.25. The number of phenols is 1. The smallest absolute Gasteiger partial charge is 0.341 e. The lowest BCUT2D eigenvalue weighted by atomic mass is 10.1. The highest BCUT2D eigenvalue weighted by atomic mass is 16.5. The number of ether oxygens (including phenoxy) is 1. The van der Waals surface area contributed by atoms with Crippen molar-refractivity contribution < 1.29 is 19.4 Å². The van der Waals surface area contributed by atoms with E-state index in [0.717, 1.165) is 38.8 Å². The van der Waals surface area contributed by atoms with Crippen LogP contribution in [0.3, 0.4) is 0 Å². The molecule has 0 bridgehead atoms. The number of benzene rings is 1. The third kappa shape index (κ3) is 7.87. The molecule has 0 fully saturated rings. The van der Waals surface area contributed by atoms with E-state index in [1.165, 1.54) is 12.1 Å². The summed E-state index contributed by atoms with van der Waals surface area (Å²) in [6.07, 6.45) is 4.46. The van der Waals surface area contributed by atoms with Crippen molar-refractivity contribution in [2.24, 2.45) is 0 Å². The fourth-order valence-electron chi connectivity index (χ4n) is 2.58. The van der Waals surface area contributed by atoms with E-state index in [-0.39, 0.29) is 17.2 Å². The number of nitrogens with one attached hydrogen (secondary N) is 1. The summed E-state index contributed by atoms with van der Waals surface area (Å²) in [4.78, 5) is 26.2. The molecule has 0 spiro atoms. The summed E-state index contributed by atoms with van der Waals surface area (Å²) in [6, 6.07) is 4.45. The maximum atomic E-state index is 12.0. The lowest BCUT2D eigenvalue weighted by Gasteiger charge is -2.17. The molecule has 2 N–H and O–H groups in total. The summed E-state index contributed by atoms with van der Waals surface area (Å²) in [6.45, 7) is 9.07. The van der Waals surface area contributed by atoms with Crippen LogP contribution in [-0.2, 0) is 9.53 Å². The molecule has 1 aromatic carbocycles. The van der Waals surface area contributed by atoms with Gasteiger partial charge in [0.05, 0.1) is 6.61 Å². The first-order valence-electron chi connectivity index (χ1n) is 9.54. The van der Waals surface area contributed by atoms with Gasteiger partial charge in [0.25, 0.3) is 0 Å². The minimum atomic E-state index is -0.543. The maximum Gasteiger partial charge on any atom is 0.341 e. The number of anilines is 1. The summed E-state index contributed by atoms with van der Waals surface area (Å²) in [5.74, 6) is -0.855. The van der Waals surface area contributed by atoms with E-state index in [9.17, 15) is 14.7 Å². The van der Waals surface area contributed by atoms with Crippen molar-refractivity contribution >= 4 is 17.6 Å². The molecular formula is C20H32N2O4. The van der Waals surface area contributed by atoms with Gasteiger partial charge in [0.1, 0.15) is 11.3 Å². The lowest BCUT2D eigenvalue weighted by molar-refractivity contribution is -0.116. The Bertz CT molecular complexity index is 571. The van der Waals surface area contributed by atoms with E-state index >= 15 is 0 Å². The number of hydrogen-bond acceptors (Lipinski definition) is 5. The zero-order valence-electron chi connectivity index (χ0n) is 16.2. The van der Waals surface area contributed by atoms with Gasteiger partial charge >= 0.3 is 5.97 Å². The standard InChI is InChI=1S/C20H32N2O4/c1-4-7-8-9-14-26-20(25)17-11-10-16(15-18(17)23)21-19(24)12-13-22(5-2)6-3/h10-11,15,23H,4-9,12-14H2,1-3H3,(H,21,24). The van der Waals surface area contributed by atoms with Crippen LogP contribution in [0.15, 0.2) is 18.2 Å². The number of esters is 1. The highest BCUT2D eigenvalue weighted by molar-refractivity contribution is 5.95. The minimum absolute atomic E-state index is 0.113. The fraction of sp³-hybridized carbons (Fsp3) is 0.600. The number of aromatic hydroxyl groups is 1. The Morgan fingerprint density at radius 1 is 1.12 bits per heavy atom. The van der Waals surface area contributed by atoms with Crippen molar-refractivity contribution in [3.8, 4) is 5.75 Å². The molecule has 0 unspecified atom stereocenters. The molecule has 0 aliphatic rings. The molecule has 0 atom stereocenters. The van der Waals surface area contributed by atoms with Crippen molar-refractivity contribution in [2.45, 2.75) is 52.9 Å². The van der Waals surface area contributed by atoms with E-state index in [1.807, 2.05) is 0 Å². The second-order valence-electron chi connectivity index (χ2n) is 6.25. The van der Waals surface area contributed by atoms with E-state index < -0.39 is 5.97 Å². The molecule has 0 aromatic heterocycles. The Hall–Kier alpha value is -2.08. The van der Waals surface area contributed by atoms with E-state index in [2.05, 4.69) is 31.0 Å². The average Bonchev–Trinajstić information content (AvgIpc) is 2.62. The molecule has 0 heterocycles. The van der Waals surface area contributed by atoms with E-state index in [4.69, 9.17) is 4.74 Å². The van der Waals surface area contributed by atoms with Crippen molar-refractivity contribution in [1.29, 1.82) is 0 Å². The minimum Gasteiger partial charge on any atom is -0.507 e. The normalized spacial score (nSPS) is 10.8. The number of nitrogens with zero attached hydrogens (tertiary/aromatic N) is 1. The van der Waals surface area contributed by atoms with Gasteiger partial charge in [-0.15, -0.1) is 0 Å². The molecule has 146 valence electrons. The molecule has 0 saturated heterocycles. The maximum absolute atomic E-state index is 12.0. The third-order valence-electron chi connectivity index (χ3n) is 4.28. The molecule has 1 rings (SSSR count). The summed E-state index contributed by atoms with van der Waals surface area (Å²) >= 11 is 0. The van der Waals surface area contributed by atoms with Crippen LogP contribution in [0.2, 0.25) is 0 Å². The molecule has 6 nitrogen and oxygen atoms in total. The Labute approximate surface area is 156 Å². The highest BCUT2D eigenvalue weighted by Gasteiger charge is 2.14. The van der Waals surface area contributed by atoms with Crippen LogP contribution in [0, 0.1) is 0 Å². The van der Waals surface area contributed by atoms with Gasteiger partial charge in [0.2, 0.25) is 5.91 Å². The quantitative estimate of drug-likeness (QED) is 0.436. The fourth-order valence-corrected chi connectivity index (χ4v) is 2.58. The number of hydrogen-bond donors (Lipinski definition) is 2. The number of carbonyl (C=O) groups excluding carboxylic acids is 2. The van der Waals surface area contributed by atoms with Crippen molar-refractivity contribution in [3.63, 3.8) is 0 Å². The number of phenolic OH excluding ortho intramolecular Hbond substituents is 1. The zero-order chi connectivity index (χ0) is 19.4. The first-order chi connectivity index (χ1) is 12.5. The number of unbranched alkanes of at least 4 members (excludes halogenated alkanes) is 3. The molecule has 0 radical (unpaired) electrons. The molecule has 6 heteroatoms. The van der Waals surface area contributed by atoms with Gasteiger partial charge in [0.15, 0.2) is 0 Å². The van der Waals surface area contributed by atoms with Gasteiger partial charge in [-0.25, -0.2) is 4.79 Å². The van der Waals surface area contributed by atoms with Crippen LogP contribution in [0.4, 0.5) is 5.69 Å². The molecule has 0 aliphatic carbocycles. The number of carbonyl (C=O) groups is 2. The van der Waals surface area contributed by atoms with Gasteiger partial charge in [0, 0.05) is 24.7 Å². The molecule has 1 aromatic rings. The van der Waals surface area contributed by atoms with Gasteiger partial charge < -0.3 is 20.1 Å². The van der Waals surface area contributed by atoms with Gasteiger partial charge in [-0.2, -0.15) is 0 Å². The van der Waals surface area contributed by atoms with Crippen LogP contribution >= 0.6 is 0 Å². The zero-order valence-corrected chi connectivity index (χ0v) is 16.2.